The van der Waals surface area contributed by atoms with Gasteiger partial charge in [-0.15, -0.1) is 0 Å². The number of hydrogen-bond acceptors (Lipinski definition) is 3. The maximum absolute atomic E-state index is 14.0. The fourth-order valence-electron chi connectivity index (χ4n) is 2.73. The molecule has 4 nitrogen and oxygen atoms in total. The molecule has 0 N–H and O–H groups in total. The maximum atomic E-state index is 14.0. The molecule has 0 aromatic heterocycles. The van der Waals surface area contributed by atoms with Crippen molar-refractivity contribution in [3.63, 3.8) is 0 Å². The maximum Gasteiger partial charge on any atom is 0.264 e. The first-order valence-electron chi connectivity index (χ1n) is 8.48. The van der Waals surface area contributed by atoms with E-state index in [0.717, 1.165) is 10.4 Å². The van der Waals surface area contributed by atoms with Gasteiger partial charge in [-0.05, 0) is 66.6 Å². The first kappa shape index (κ1) is 19.8. The molecular formula is C21H19F2NO3S. The Labute approximate surface area is 163 Å². The third-order valence-electron chi connectivity index (χ3n) is 4.31. The molecule has 3 aromatic carbocycles. The highest BCUT2D eigenvalue weighted by Crippen LogP contribution is 2.28. The molecule has 0 bridgehead atoms. The summed E-state index contributed by atoms with van der Waals surface area (Å²) >= 11 is 0. The van der Waals surface area contributed by atoms with Crippen LogP contribution in [0.15, 0.2) is 71.6 Å². The summed E-state index contributed by atoms with van der Waals surface area (Å²) in [6, 6.07) is 15.9. The molecule has 0 radical (unpaired) electrons. The summed E-state index contributed by atoms with van der Waals surface area (Å²) < 4.78 is 60.4. The Balaban J connectivity index is 2.09. The Morgan fingerprint density at radius 3 is 2.29 bits per heavy atom. The van der Waals surface area contributed by atoms with Crippen LogP contribution in [0.5, 0.6) is 5.75 Å². The van der Waals surface area contributed by atoms with E-state index < -0.39 is 21.7 Å². The number of aryl methyl sites for hydroxylation is 1. The van der Waals surface area contributed by atoms with Gasteiger partial charge in [0.1, 0.15) is 17.4 Å². The van der Waals surface area contributed by atoms with E-state index in [9.17, 15) is 17.2 Å². The van der Waals surface area contributed by atoms with Crippen LogP contribution in [0.25, 0.3) is 0 Å². The second kappa shape index (κ2) is 7.98. The second-order valence-electron chi connectivity index (χ2n) is 6.25. The first-order chi connectivity index (χ1) is 13.3. The van der Waals surface area contributed by atoms with E-state index in [2.05, 4.69) is 0 Å². The molecule has 0 atom stereocenters. The van der Waals surface area contributed by atoms with E-state index >= 15 is 0 Å². The lowest BCUT2D eigenvalue weighted by molar-refractivity contribution is 0.415. The van der Waals surface area contributed by atoms with Gasteiger partial charge in [0.25, 0.3) is 10.0 Å². The van der Waals surface area contributed by atoms with E-state index in [-0.39, 0.29) is 11.4 Å². The lowest BCUT2D eigenvalue weighted by Gasteiger charge is -2.25. The molecular weight excluding hydrogens is 384 g/mol. The highest BCUT2D eigenvalue weighted by atomic mass is 32.2. The molecule has 0 aliphatic carbocycles. The van der Waals surface area contributed by atoms with Crippen LogP contribution in [0.1, 0.15) is 11.1 Å². The third-order valence-corrected chi connectivity index (χ3v) is 6.08. The normalized spacial score (nSPS) is 11.3. The van der Waals surface area contributed by atoms with Gasteiger partial charge >= 0.3 is 0 Å². The fraction of sp³-hybridized carbons (Fsp3) is 0.143. The first-order valence-corrected chi connectivity index (χ1v) is 9.92. The Morgan fingerprint density at radius 2 is 1.68 bits per heavy atom. The van der Waals surface area contributed by atoms with Crippen LogP contribution in [0.2, 0.25) is 0 Å². The van der Waals surface area contributed by atoms with Crippen molar-refractivity contribution < 1.29 is 21.9 Å². The summed E-state index contributed by atoms with van der Waals surface area (Å²) in [5.74, 6) is -0.513. The fourth-order valence-corrected chi connectivity index (χ4v) is 4.19. The van der Waals surface area contributed by atoms with Crippen molar-refractivity contribution in [1.82, 2.24) is 0 Å². The zero-order valence-electron chi connectivity index (χ0n) is 15.4. The molecule has 0 aliphatic rings. The number of anilines is 1. The smallest absolute Gasteiger partial charge is 0.264 e. The SMILES string of the molecule is COc1ccc(N(Cc2cccc(F)c2)S(=O)(=O)c2ccc(C)c(F)c2)cc1. The minimum atomic E-state index is -4.09. The summed E-state index contributed by atoms with van der Waals surface area (Å²) in [4.78, 5) is -0.178. The molecule has 7 heteroatoms. The highest BCUT2D eigenvalue weighted by Gasteiger charge is 2.26. The van der Waals surface area contributed by atoms with Crippen LogP contribution < -0.4 is 9.04 Å². The van der Waals surface area contributed by atoms with Gasteiger partial charge < -0.3 is 4.74 Å². The number of methoxy groups -OCH3 is 1. The molecule has 0 fully saturated rings. The predicted octanol–water partition coefficient (Wildman–Crippen LogP) is 4.68. The van der Waals surface area contributed by atoms with Gasteiger partial charge in [0.05, 0.1) is 24.2 Å². The van der Waals surface area contributed by atoms with Gasteiger partial charge in [-0.25, -0.2) is 17.2 Å². The number of nitrogens with zero attached hydrogens (tertiary/aromatic N) is 1. The van der Waals surface area contributed by atoms with Gasteiger partial charge in [0, 0.05) is 0 Å². The third kappa shape index (κ3) is 4.14. The molecule has 0 saturated heterocycles. The Hall–Kier alpha value is -2.93. The molecule has 0 saturated carbocycles. The van der Waals surface area contributed by atoms with Crippen LogP contribution in [-0.4, -0.2) is 15.5 Å². The van der Waals surface area contributed by atoms with E-state index in [1.165, 1.54) is 37.4 Å². The van der Waals surface area contributed by atoms with Crippen molar-refractivity contribution in [1.29, 1.82) is 0 Å². The molecule has 0 spiro atoms. The van der Waals surface area contributed by atoms with Crippen LogP contribution in [0, 0.1) is 18.6 Å². The van der Waals surface area contributed by atoms with Gasteiger partial charge in [0.15, 0.2) is 0 Å². The molecule has 0 heterocycles. The summed E-state index contributed by atoms with van der Waals surface area (Å²) in [7, 11) is -2.59. The summed E-state index contributed by atoms with van der Waals surface area (Å²) in [6.07, 6.45) is 0. The summed E-state index contributed by atoms with van der Waals surface area (Å²) in [5.41, 5.74) is 1.16. The minimum Gasteiger partial charge on any atom is -0.497 e. The van der Waals surface area contributed by atoms with E-state index in [1.54, 1.807) is 37.3 Å². The van der Waals surface area contributed by atoms with Crippen LogP contribution >= 0.6 is 0 Å². The standard InChI is InChI=1S/C21H19F2NO3S/c1-15-6-11-20(13-21(15)23)28(25,26)24(14-16-4-3-5-17(22)12-16)18-7-9-19(27-2)10-8-18/h3-13H,14H2,1-2H3. The van der Waals surface area contributed by atoms with Crippen molar-refractivity contribution >= 4 is 15.7 Å². The summed E-state index contributed by atoms with van der Waals surface area (Å²) in [5, 5.41) is 0. The molecule has 3 aromatic rings. The van der Waals surface area contributed by atoms with Crippen molar-refractivity contribution in [2.45, 2.75) is 18.4 Å². The Bertz CT molecular complexity index is 1080. The van der Waals surface area contributed by atoms with Crippen molar-refractivity contribution in [2.75, 3.05) is 11.4 Å². The average molecular weight is 403 g/mol. The van der Waals surface area contributed by atoms with E-state index in [0.29, 0.717) is 22.6 Å². The monoisotopic (exact) mass is 403 g/mol. The molecule has 0 unspecified atom stereocenters. The number of ether oxygens (including phenoxy) is 1. The largest absolute Gasteiger partial charge is 0.497 e. The molecule has 0 aliphatic heterocycles. The van der Waals surface area contributed by atoms with Gasteiger partial charge in [-0.1, -0.05) is 18.2 Å². The van der Waals surface area contributed by atoms with Crippen molar-refractivity contribution in [3.05, 3.63) is 89.5 Å². The predicted molar refractivity (Wildman–Crippen MR) is 104 cm³/mol. The number of hydrogen-bond donors (Lipinski definition) is 0. The zero-order chi connectivity index (χ0) is 20.3. The quantitative estimate of drug-likeness (QED) is 0.601. The van der Waals surface area contributed by atoms with Gasteiger partial charge in [-0.2, -0.15) is 0 Å². The van der Waals surface area contributed by atoms with Crippen molar-refractivity contribution in [3.8, 4) is 5.75 Å². The number of halogens is 2. The molecule has 3 rings (SSSR count). The highest BCUT2D eigenvalue weighted by molar-refractivity contribution is 7.92. The Kier molecular flexibility index (Phi) is 5.65. The average Bonchev–Trinajstić information content (AvgIpc) is 2.68. The topological polar surface area (TPSA) is 46.6 Å². The number of sulfonamides is 1. The van der Waals surface area contributed by atoms with Crippen LogP contribution in [-0.2, 0) is 16.6 Å². The minimum absolute atomic E-state index is 0.109. The molecule has 0 amide bonds. The number of benzene rings is 3. The second-order valence-corrected chi connectivity index (χ2v) is 8.11. The van der Waals surface area contributed by atoms with Crippen LogP contribution in [0.3, 0.4) is 0 Å². The van der Waals surface area contributed by atoms with Gasteiger partial charge in [0.2, 0.25) is 0 Å². The lowest BCUT2D eigenvalue weighted by Crippen LogP contribution is -2.30. The molecule has 28 heavy (non-hydrogen) atoms. The number of rotatable bonds is 6. The molecule has 146 valence electrons. The Morgan fingerprint density at radius 1 is 0.964 bits per heavy atom. The van der Waals surface area contributed by atoms with Crippen molar-refractivity contribution in [2.24, 2.45) is 0 Å². The zero-order valence-corrected chi connectivity index (χ0v) is 16.2. The van der Waals surface area contributed by atoms with Crippen LogP contribution in [0.4, 0.5) is 14.5 Å². The van der Waals surface area contributed by atoms with E-state index in [4.69, 9.17) is 4.74 Å². The van der Waals surface area contributed by atoms with Gasteiger partial charge in [-0.3, -0.25) is 4.31 Å². The van der Waals surface area contributed by atoms with E-state index in [1.807, 2.05) is 0 Å². The summed E-state index contributed by atoms with van der Waals surface area (Å²) in [6.45, 7) is 1.45. The lowest BCUT2D eigenvalue weighted by atomic mass is 10.2.